The second kappa shape index (κ2) is 10.2. The average molecular weight is 625 g/mol. The van der Waals surface area contributed by atoms with Gasteiger partial charge in [0.1, 0.15) is 11.2 Å². The molecule has 1 heteroatoms. The molecular weight excluding hydrogens is 569 g/mol. The third-order valence-corrected chi connectivity index (χ3v) is 7.81. The van der Waals surface area contributed by atoms with Gasteiger partial charge in [-0.2, -0.15) is 0 Å². The predicted molar refractivity (Wildman–Crippen MR) is 200 cm³/mol. The summed E-state index contributed by atoms with van der Waals surface area (Å²) in [6, 6.07) is -26.5. The van der Waals surface area contributed by atoms with Crippen molar-refractivity contribution >= 4 is 65.0 Å². The molecular formula is C46H28O. The van der Waals surface area contributed by atoms with Crippen LogP contribution in [0.25, 0.3) is 98.4 Å². The van der Waals surface area contributed by atoms with Gasteiger partial charge in [0, 0.05) is 16.2 Å². The van der Waals surface area contributed by atoms with Gasteiger partial charge in [-0.3, -0.25) is 0 Å². The lowest BCUT2D eigenvalue weighted by molar-refractivity contribution is 0.673. The van der Waals surface area contributed by atoms with Gasteiger partial charge in [0.25, 0.3) is 0 Å². The summed E-state index contributed by atoms with van der Waals surface area (Å²) in [5, 5.41) is -6.62. The summed E-state index contributed by atoms with van der Waals surface area (Å²) in [5.74, 6) is 0. The highest BCUT2D eigenvalue weighted by atomic mass is 16.3. The van der Waals surface area contributed by atoms with Gasteiger partial charge >= 0.3 is 0 Å². The van der Waals surface area contributed by atoms with Gasteiger partial charge in [-0.1, -0.05) is 145 Å². The van der Waals surface area contributed by atoms with Crippen LogP contribution in [0.15, 0.2) is 174 Å². The first-order valence-corrected chi connectivity index (χ1v) is 13.9. The van der Waals surface area contributed by atoms with Crippen LogP contribution >= 0.6 is 0 Å². The third-order valence-electron chi connectivity index (χ3n) is 7.81. The maximum atomic E-state index is 9.99. The molecule has 0 amide bonds. The van der Waals surface area contributed by atoms with Crippen LogP contribution in [0.4, 0.5) is 0 Å². The van der Waals surface area contributed by atoms with E-state index in [1.54, 1.807) is 0 Å². The van der Waals surface area contributed by atoms with Crippen molar-refractivity contribution in [2.45, 2.75) is 0 Å². The van der Waals surface area contributed by atoms with Gasteiger partial charge < -0.3 is 4.42 Å². The summed E-state index contributed by atoms with van der Waals surface area (Å²) in [6.45, 7) is 0. The van der Waals surface area contributed by atoms with E-state index in [2.05, 4.69) is 0 Å². The van der Waals surface area contributed by atoms with Crippen molar-refractivity contribution in [2.24, 2.45) is 0 Å². The zero-order chi connectivity index (χ0) is 55.3. The highest BCUT2D eigenvalue weighted by molar-refractivity contribution is 6.27. The average Bonchev–Trinajstić information content (AvgIpc) is 3.78. The lowest BCUT2D eigenvalue weighted by Gasteiger charge is -2.19. The van der Waals surface area contributed by atoms with Crippen molar-refractivity contribution in [3.05, 3.63) is 169 Å². The van der Waals surface area contributed by atoms with Gasteiger partial charge in [0.05, 0.1) is 38.4 Å². The minimum Gasteiger partial charge on any atom is -0.455 e. The van der Waals surface area contributed by atoms with Crippen LogP contribution in [-0.4, -0.2) is 0 Å². The monoisotopic (exact) mass is 624 g/mol. The molecule has 0 aliphatic rings. The number of hydrogen-bond acceptors (Lipinski definition) is 1. The fraction of sp³-hybridized carbons (Fsp3) is 0. The molecule has 0 bridgehead atoms. The summed E-state index contributed by atoms with van der Waals surface area (Å²) < 4.78 is 259. The Kier molecular flexibility index (Phi) is 2.31. The minimum atomic E-state index is -1.08. The smallest absolute Gasteiger partial charge is 0.143 e. The highest BCUT2D eigenvalue weighted by Gasteiger charge is 2.21. The van der Waals surface area contributed by atoms with Gasteiger partial charge in [-0.05, 0) is 95.3 Å². The van der Waals surface area contributed by atoms with E-state index in [0.717, 1.165) is 0 Å². The lowest BCUT2D eigenvalue weighted by atomic mass is 9.83. The molecule has 0 spiro atoms. The van der Waals surface area contributed by atoms with Gasteiger partial charge in [-0.25, -0.2) is 0 Å². The normalized spacial score (nSPS) is 20.2. The van der Waals surface area contributed by atoms with Gasteiger partial charge in [-0.15, -0.1) is 0 Å². The number of furan rings is 1. The van der Waals surface area contributed by atoms with E-state index in [1.165, 1.54) is 0 Å². The topological polar surface area (TPSA) is 13.1 Å². The van der Waals surface area contributed by atoms with E-state index in [4.69, 9.17) is 31.8 Å². The number of rotatable bonds is 3. The van der Waals surface area contributed by atoms with Crippen LogP contribution < -0.4 is 0 Å². The standard InChI is InChI=1S/C46H28O/c1-2-13-29(14-3-1)41-28-32(27-31-16-5-6-17-33(31)41)43-35-19-8-10-21-37(35)44(38-22-11-9-20-36(38)43)39-23-12-24-42-45(39)40-26-25-30-15-4-7-18-34(30)46(40)47-42/h1-28H/i1D,2D,3D,4D,5D,6D,7D,8D,9D,10D,11D,12D,13D,14D,15D,16D,17D,18D,19D,20D,21D,22D,23D,24D,25D,26D,27D,28D. The molecule has 0 atom stereocenters. The van der Waals surface area contributed by atoms with E-state index < -0.39 is 268 Å². The molecule has 1 heterocycles. The molecule has 0 aliphatic carbocycles. The Bertz CT molecular complexity index is 4330. The number of fused-ring (bicyclic) bond motifs is 8. The SMILES string of the molecule is [2H]c1c([2H])c([2H])c(-c2c([2H])c(-c3c4c([2H])c([2H])c([2H])c([2H])c4c(-c4c([2H])c([2H])c([2H])c5oc6c7c([2H])c([2H])c([2H])c([2H])c7c([2H])c([2H])c6c45)c4c([2H])c([2H])c([2H])c([2H])c34)c([2H])c3c([2H])c([2H])c([2H])c([2H])c23)c([2H])c1[2H]. The molecule has 0 fully saturated rings. The highest BCUT2D eigenvalue weighted by Crippen LogP contribution is 2.48. The van der Waals surface area contributed by atoms with Crippen LogP contribution in [0.2, 0.25) is 0 Å². The molecule has 0 aliphatic heterocycles. The Morgan fingerprint density at radius 3 is 1.68 bits per heavy atom. The van der Waals surface area contributed by atoms with Crippen LogP contribution in [0, 0.1) is 0 Å². The molecule has 0 N–H and O–H groups in total. The Morgan fingerprint density at radius 1 is 0.362 bits per heavy atom. The maximum absolute atomic E-state index is 9.99. The van der Waals surface area contributed by atoms with E-state index in [9.17, 15) is 11.0 Å². The summed E-state index contributed by atoms with van der Waals surface area (Å²) >= 11 is 0. The second-order valence-corrected chi connectivity index (χ2v) is 10.3. The Labute approximate surface area is 311 Å². The molecule has 0 saturated heterocycles. The lowest BCUT2D eigenvalue weighted by Crippen LogP contribution is -1.92. The second-order valence-electron chi connectivity index (χ2n) is 10.3. The van der Waals surface area contributed by atoms with Crippen molar-refractivity contribution < 1.29 is 42.8 Å². The van der Waals surface area contributed by atoms with Crippen LogP contribution in [-0.2, 0) is 0 Å². The molecule has 10 aromatic rings. The summed E-state index contributed by atoms with van der Waals surface area (Å²) in [4.78, 5) is 0. The number of benzene rings is 9. The first-order valence-electron chi connectivity index (χ1n) is 27.9. The Hall–Kier alpha value is -6.18. The Balaban J connectivity index is 1.59. The molecule has 0 saturated carbocycles. The first kappa shape index (κ1) is 10.7. The quantitative estimate of drug-likeness (QED) is 0.178. The molecule has 1 nitrogen and oxygen atoms in total. The van der Waals surface area contributed by atoms with E-state index in [0.29, 0.717) is 0 Å². The Morgan fingerprint density at radius 2 is 0.957 bits per heavy atom. The minimum absolute atomic E-state index is 0.472. The zero-order valence-electron chi connectivity index (χ0n) is 51.4. The van der Waals surface area contributed by atoms with Crippen molar-refractivity contribution in [3.8, 4) is 33.4 Å². The van der Waals surface area contributed by atoms with Crippen LogP contribution in [0.5, 0.6) is 0 Å². The summed E-state index contributed by atoms with van der Waals surface area (Å²) in [7, 11) is 0. The largest absolute Gasteiger partial charge is 0.455 e. The van der Waals surface area contributed by atoms with Crippen LogP contribution in [0.1, 0.15) is 38.4 Å². The predicted octanol–water partition coefficient (Wildman–Crippen LogP) is 13.2. The van der Waals surface area contributed by atoms with Crippen molar-refractivity contribution in [2.75, 3.05) is 0 Å². The van der Waals surface area contributed by atoms with Gasteiger partial charge in [0.2, 0.25) is 0 Å². The van der Waals surface area contributed by atoms with Crippen molar-refractivity contribution in [1.29, 1.82) is 0 Å². The molecule has 0 radical (unpaired) electrons. The van der Waals surface area contributed by atoms with Crippen molar-refractivity contribution in [1.82, 2.24) is 0 Å². The maximum Gasteiger partial charge on any atom is 0.143 e. The summed E-state index contributed by atoms with van der Waals surface area (Å²) in [6.07, 6.45) is 0. The third kappa shape index (κ3) is 3.90. The summed E-state index contributed by atoms with van der Waals surface area (Å²) in [5.41, 5.74) is -5.99. The number of hydrogen-bond donors (Lipinski definition) is 0. The molecule has 47 heavy (non-hydrogen) atoms. The molecule has 10 rings (SSSR count). The van der Waals surface area contributed by atoms with Crippen LogP contribution in [0.3, 0.4) is 0 Å². The van der Waals surface area contributed by atoms with E-state index in [1.807, 2.05) is 0 Å². The molecule has 218 valence electrons. The van der Waals surface area contributed by atoms with Gasteiger partial charge in [0.15, 0.2) is 0 Å². The fourth-order valence-electron chi connectivity index (χ4n) is 5.91. The molecule has 0 unspecified atom stereocenters. The molecule has 1 aromatic heterocycles. The van der Waals surface area contributed by atoms with E-state index in [-0.39, 0.29) is 0 Å². The first-order chi connectivity index (χ1) is 35.0. The zero-order valence-corrected chi connectivity index (χ0v) is 23.4. The van der Waals surface area contributed by atoms with E-state index >= 15 is 0 Å². The molecule has 9 aromatic carbocycles. The van der Waals surface area contributed by atoms with Crippen molar-refractivity contribution in [3.63, 3.8) is 0 Å². The fourth-order valence-corrected chi connectivity index (χ4v) is 5.91.